The SMILES string of the molecule is Cc1ccc(CC[S])c(C)c1. The van der Waals surface area contributed by atoms with Gasteiger partial charge >= 0.3 is 0 Å². The van der Waals surface area contributed by atoms with Gasteiger partial charge in [-0.3, -0.25) is 0 Å². The molecule has 0 spiro atoms. The summed E-state index contributed by atoms with van der Waals surface area (Å²) in [5.74, 6) is 0.823. The first-order chi connectivity index (χ1) is 5.24. The van der Waals surface area contributed by atoms with Crippen LogP contribution in [0.25, 0.3) is 0 Å². The van der Waals surface area contributed by atoms with E-state index in [1.807, 2.05) is 0 Å². The highest BCUT2D eigenvalue weighted by atomic mass is 32.1. The molecule has 1 heteroatoms. The Labute approximate surface area is 74.0 Å². The van der Waals surface area contributed by atoms with Crippen LogP contribution in [0.2, 0.25) is 0 Å². The van der Waals surface area contributed by atoms with E-state index in [1.165, 1.54) is 16.7 Å². The maximum Gasteiger partial charge on any atom is 0.00775 e. The van der Waals surface area contributed by atoms with Gasteiger partial charge in [0.05, 0.1) is 0 Å². The van der Waals surface area contributed by atoms with E-state index in [-0.39, 0.29) is 0 Å². The number of hydrogen-bond donors (Lipinski definition) is 0. The van der Waals surface area contributed by atoms with Crippen molar-refractivity contribution in [3.63, 3.8) is 0 Å². The van der Waals surface area contributed by atoms with Gasteiger partial charge in [0.2, 0.25) is 0 Å². The van der Waals surface area contributed by atoms with E-state index in [9.17, 15) is 0 Å². The highest BCUT2D eigenvalue weighted by molar-refractivity contribution is 7.80. The monoisotopic (exact) mass is 165 g/mol. The Hall–Kier alpha value is -0.430. The molecular formula is C10H13S. The zero-order valence-electron chi connectivity index (χ0n) is 7.05. The smallest absolute Gasteiger partial charge is 0.00775 e. The second kappa shape index (κ2) is 3.82. The summed E-state index contributed by atoms with van der Waals surface area (Å²) < 4.78 is 0. The number of hydrogen-bond acceptors (Lipinski definition) is 0. The van der Waals surface area contributed by atoms with Gasteiger partial charge in [-0.25, -0.2) is 0 Å². The minimum atomic E-state index is 0.823. The number of rotatable bonds is 2. The van der Waals surface area contributed by atoms with Gasteiger partial charge < -0.3 is 0 Å². The molecule has 0 aromatic heterocycles. The summed E-state index contributed by atoms with van der Waals surface area (Å²) in [6, 6.07) is 6.53. The summed E-state index contributed by atoms with van der Waals surface area (Å²) in [7, 11) is 0. The third-order valence-corrected chi connectivity index (χ3v) is 2.07. The first-order valence-electron chi connectivity index (χ1n) is 3.88. The van der Waals surface area contributed by atoms with Crippen LogP contribution in [0, 0.1) is 13.8 Å². The zero-order valence-corrected chi connectivity index (χ0v) is 7.87. The Morgan fingerprint density at radius 1 is 1.27 bits per heavy atom. The van der Waals surface area contributed by atoms with Gasteiger partial charge in [-0.2, -0.15) is 0 Å². The van der Waals surface area contributed by atoms with Crippen molar-refractivity contribution in [1.82, 2.24) is 0 Å². The van der Waals surface area contributed by atoms with Crippen molar-refractivity contribution < 1.29 is 0 Å². The minimum Gasteiger partial charge on any atom is -0.0938 e. The molecule has 0 aliphatic rings. The molecule has 11 heavy (non-hydrogen) atoms. The van der Waals surface area contributed by atoms with E-state index < -0.39 is 0 Å². The topological polar surface area (TPSA) is 0 Å². The molecule has 0 amide bonds. The fourth-order valence-electron chi connectivity index (χ4n) is 1.24. The van der Waals surface area contributed by atoms with Gasteiger partial charge in [-0.15, -0.1) is 0 Å². The number of benzene rings is 1. The standard InChI is InChI=1S/C10H13S/c1-8-3-4-10(5-6-11)9(2)7-8/h3-4,7H,5-6H2,1-2H3. The average Bonchev–Trinajstić information content (AvgIpc) is 1.95. The highest BCUT2D eigenvalue weighted by Gasteiger charge is 1.95. The van der Waals surface area contributed by atoms with Crippen molar-refractivity contribution in [1.29, 1.82) is 0 Å². The van der Waals surface area contributed by atoms with E-state index in [1.54, 1.807) is 0 Å². The molecule has 0 N–H and O–H groups in total. The Balaban J connectivity index is 2.90. The van der Waals surface area contributed by atoms with Crippen LogP contribution in [0.3, 0.4) is 0 Å². The van der Waals surface area contributed by atoms with E-state index in [0.29, 0.717) is 0 Å². The lowest BCUT2D eigenvalue weighted by Crippen LogP contribution is -1.90. The third kappa shape index (κ3) is 2.26. The number of aryl methyl sites for hydroxylation is 3. The zero-order chi connectivity index (χ0) is 8.27. The molecule has 0 saturated carbocycles. The summed E-state index contributed by atoms with van der Waals surface area (Å²) in [6.07, 6.45) is 1.03. The molecular weight excluding hydrogens is 152 g/mol. The van der Waals surface area contributed by atoms with Crippen LogP contribution in [0.5, 0.6) is 0 Å². The van der Waals surface area contributed by atoms with Crippen LogP contribution in [0.4, 0.5) is 0 Å². The van der Waals surface area contributed by atoms with Crippen LogP contribution in [0.1, 0.15) is 16.7 Å². The largest absolute Gasteiger partial charge is 0.0938 e. The Morgan fingerprint density at radius 3 is 2.55 bits per heavy atom. The van der Waals surface area contributed by atoms with Gasteiger partial charge in [0, 0.05) is 5.75 Å². The molecule has 0 bridgehead atoms. The van der Waals surface area contributed by atoms with Crippen LogP contribution in [-0.4, -0.2) is 5.75 Å². The first-order valence-corrected chi connectivity index (χ1v) is 4.46. The van der Waals surface area contributed by atoms with E-state index >= 15 is 0 Å². The van der Waals surface area contributed by atoms with Crippen LogP contribution < -0.4 is 0 Å². The van der Waals surface area contributed by atoms with Crippen molar-refractivity contribution in [2.24, 2.45) is 0 Å². The van der Waals surface area contributed by atoms with Crippen molar-refractivity contribution in [3.8, 4) is 0 Å². The maximum atomic E-state index is 4.93. The minimum absolute atomic E-state index is 0.823. The molecule has 0 fully saturated rings. The van der Waals surface area contributed by atoms with Gasteiger partial charge in [0.1, 0.15) is 0 Å². The van der Waals surface area contributed by atoms with E-state index in [4.69, 9.17) is 12.6 Å². The van der Waals surface area contributed by atoms with Crippen LogP contribution in [0.15, 0.2) is 18.2 Å². The Morgan fingerprint density at radius 2 is 2.00 bits per heavy atom. The van der Waals surface area contributed by atoms with E-state index in [0.717, 1.165) is 12.2 Å². The molecule has 0 heterocycles. The normalized spacial score (nSPS) is 10.1. The van der Waals surface area contributed by atoms with Gasteiger partial charge in [0.15, 0.2) is 0 Å². The molecule has 0 unspecified atom stereocenters. The van der Waals surface area contributed by atoms with Crippen molar-refractivity contribution >= 4 is 12.6 Å². The second-order valence-electron chi connectivity index (χ2n) is 2.88. The fraction of sp³-hybridized carbons (Fsp3) is 0.400. The lowest BCUT2D eigenvalue weighted by atomic mass is 10.0. The molecule has 59 valence electrons. The molecule has 0 aliphatic heterocycles. The van der Waals surface area contributed by atoms with Crippen molar-refractivity contribution in [2.75, 3.05) is 5.75 Å². The summed E-state index contributed by atoms with van der Waals surface area (Å²) >= 11 is 4.93. The molecule has 1 aromatic carbocycles. The molecule has 0 atom stereocenters. The predicted molar refractivity (Wildman–Crippen MR) is 52.1 cm³/mol. The second-order valence-corrected chi connectivity index (χ2v) is 3.29. The fourth-order valence-corrected chi connectivity index (χ4v) is 1.46. The first kappa shape index (κ1) is 8.66. The van der Waals surface area contributed by atoms with Crippen LogP contribution in [-0.2, 0) is 6.42 Å². The highest BCUT2D eigenvalue weighted by Crippen LogP contribution is 2.11. The summed E-state index contributed by atoms with van der Waals surface area (Å²) in [5.41, 5.74) is 4.09. The molecule has 0 nitrogen and oxygen atoms in total. The Kier molecular flexibility index (Phi) is 3.01. The molecule has 0 aliphatic carbocycles. The molecule has 0 saturated heterocycles. The quantitative estimate of drug-likeness (QED) is 0.632. The Bertz CT molecular complexity index is 241. The third-order valence-electron chi connectivity index (χ3n) is 1.87. The van der Waals surface area contributed by atoms with E-state index in [2.05, 4.69) is 32.0 Å². The predicted octanol–water partition coefficient (Wildman–Crippen LogP) is 3.04. The molecule has 1 rings (SSSR count). The molecule has 1 radical (unpaired) electrons. The molecule has 1 aromatic rings. The van der Waals surface area contributed by atoms with Crippen molar-refractivity contribution in [2.45, 2.75) is 20.3 Å². The van der Waals surface area contributed by atoms with Gasteiger partial charge in [-0.1, -0.05) is 36.4 Å². The van der Waals surface area contributed by atoms with Crippen molar-refractivity contribution in [3.05, 3.63) is 34.9 Å². The van der Waals surface area contributed by atoms with Crippen LogP contribution >= 0.6 is 12.6 Å². The summed E-state index contributed by atoms with van der Waals surface area (Å²) in [6.45, 7) is 4.26. The van der Waals surface area contributed by atoms with Gasteiger partial charge in [-0.05, 0) is 31.4 Å². The maximum absolute atomic E-state index is 4.93. The summed E-state index contributed by atoms with van der Waals surface area (Å²) in [4.78, 5) is 0. The lowest BCUT2D eigenvalue weighted by molar-refractivity contribution is 1.12. The lowest BCUT2D eigenvalue weighted by Gasteiger charge is -2.03. The van der Waals surface area contributed by atoms with Gasteiger partial charge in [0.25, 0.3) is 0 Å². The average molecular weight is 165 g/mol. The summed E-state index contributed by atoms with van der Waals surface area (Å²) in [5, 5.41) is 0.